The van der Waals surface area contributed by atoms with E-state index in [0.717, 1.165) is 0 Å². The summed E-state index contributed by atoms with van der Waals surface area (Å²) in [6.07, 6.45) is 15.4. The minimum atomic E-state index is -1.21. The van der Waals surface area contributed by atoms with Gasteiger partial charge in [0.2, 0.25) is 0 Å². The van der Waals surface area contributed by atoms with Crippen LogP contribution < -0.4 is 0 Å². The summed E-state index contributed by atoms with van der Waals surface area (Å²) in [5.74, 6) is 0. The largest absolute Gasteiger partial charge is 0.396 e. The Morgan fingerprint density at radius 1 is 0.944 bits per heavy atom. The fourth-order valence-corrected chi connectivity index (χ4v) is 3.36. The lowest BCUT2D eigenvalue weighted by Gasteiger charge is -2.23. The van der Waals surface area contributed by atoms with Crippen LogP contribution in [0.15, 0.2) is 12.2 Å². The van der Waals surface area contributed by atoms with E-state index in [1.165, 1.54) is 51.4 Å². The average molecular weight is 271 g/mol. The van der Waals surface area contributed by atoms with Gasteiger partial charge in [-0.3, -0.25) is 0 Å². The Morgan fingerprint density at radius 2 is 1.50 bits per heavy atom. The normalized spacial score (nSPS) is 14.3. The second-order valence-electron chi connectivity index (χ2n) is 6.49. The van der Waals surface area contributed by atoms with Crippen molar-refractivity contribution in [3.05, 3.63) is 12.2 Å². The van der Waals surface area contributed by atoms with Crippen LogP contribution in [0.2, 0.25) is 25.2 Å². The predicted molar refractivity (Wildman–Crippen MR) is 85.9 cm³/mol. The Hall–Kier alpha value is -0.0831. The van der Waals surface area contributed by atoms with Crippen molar-refractivity contribution in [2.24, 2.45) is 0 Å². The van der Waals surface area contributed by atoms with Crippen LogP contribution in [0.5, 0.6) is 0 Å². The number of allylic oxidation sites excluding steroid dienone is 1. The van der Waals surface area contributed by atoms with Crippen molar-refractivity contribution < 1.29 is 5.11 Å². The second-order valence-corrected chi connectivity index (χ2v) is 12.0. The summed E-state index contributed by atoms with van der Waals surface area (Å²) in [6.45, 7) is 9.56. The van der Waals surface area contributed by atoms with Gasteiger partial charge in [-0.05, 0) is 18.4 Å². The van der Waals surface area contributed by atoms with Gasteiger partial charge < -0.3 is 5.11 Å². The van der Waals surface area contributed by atoms with Crippen molar-refractivity contribution >= 4 is 8.07 Å². The van der Waals surface area contributed by atoms with Gasteiger partial charge in [0, 0.05) is 6.61 Å². The summed E-state index contributed by atoms with van der Waals surface area (Å²) in [7, 11) is -1.21. The van der Waals surface area contributed by atoms with Crippen LogP contribution in [0.1, 0.15) is 58.3 Å². The molecule has 1 N–H and O–H groups in total. The molecule has 0 radical (unpaired) electrons. The summed E-state index contributed by atoms with van der Waals surface area (Å²) in [4.78, 5) is 0. The number of hydrogen-bond acceptors (Lipinski definition) is 1. The Labute approximate surface area is 116 Å². The van der Waals surface area contributed by atoms with Gasteiger partial charge in [0.05, 0.1) is 8.07 Å². The lowest BCUT2D eigenvalue weighted by molar-refractivity contribution is 0.300. The molecule has 0 aromatic heterocycles. The molecule has 0 heterocycles. The zero-order valence-electron chi connectivity index (χ0n) is 13.0. The summed E-state index contributed by atoms with van der Waals surface area (Å²) in [5.41, 5.74) is 0.432. The maximum absolute atomic E-state index is 9.37. The van der Waals surface area contributed by atoms with E-state index in [9.17, 15) is 5.11 Å². The van der Waals surface area contributed by atoms with E-state index in [0.29, 0.717) is 12.1 Å². The molecule has 0 aromatic carbocycles. The first-order valence-corrected chi connectivity index (χ1v) is 11.4. The minimum Gasteiger partial charge on any atom is -0.396 e. The van der Waals surface area contributed by atoms with E-state index < -0.39 is 8.07 Å². The lowest BCUT2D eigenvalue weighted by atomic mass is 10.1. The third kappa shape index (κ3) is 9.90. The molecular weight excluding hydrogens is 236 g/mol. The second kappa shape index (κ2) is 10.8. The molecule has 0 saturated carbocycles. The van der Waals surface area contributed by atoms with Crippen molar-refractivity contribution in [3.63, 3.8) is 0 Å². The molecule has 0 amide bonds. The molecule has 1 unspecified atom stereocenters. The van der Waals surface area contributed by atoms with Gasteiger partial charge in [-0.1, -0.05) is 77.2 Å². The van der Waals surface area contributed by atoms with Gasteiger partial charge in [0.15, 0.2) is 0 Å². The van der Waals surface area contributed by atoms with Gasteiger partial charge >= 0.3 is 0 Å². The highest BCUT2D eigenvalue weighted by atomic mass is 28.3. The van der Waals surface area contributed by atoms with Crippen molar-refractivity contribution in [1.29, 1.82) is 0 Å². The predicted octanol–water partition coefficient (Wildman–Crippen LogP) is 5.38. The quantitative estimate of drug-likeness (QED) is 0.303. The first-order valence-electron chi connectivity index (χ1n) is 7.80. The van der Waals surface area contributed by atoms with E-state index in [1.54, 1.807) is 0 Å². The molecule has 0 aromatic rings. The number of aliphatic hydroxyl groups excluding tert-OH is 1. The van der Waals surface area contributed by atoms with E-state index in [1.807, 2.05) is 0 Å². The van der Waals surface area contributed by atoms with Gasteiger partial charge in [-0.25, -0.2) is 0 Å². The van der Waals surface area contributed by atoms with E-state index >= 15 is 0 Å². The highest BCUT2D eigenvalue weighted by Gasteiger charge is 2.22. The number of rotatable bonds is 11. The summed E-state index contributed by atoms with van der Waals surface area (Å²) < 4.78 is 0. The Kier molecular flexibility index (Phi) is 10.8. The standard InChI is InChI=1S/C16H34OSi/c1-5-6-7-8-9-10-11-12-13-14-16(15-17)18(2,3)4/h13-14,16-17H,5-12,15H2,1-4H3/b14-13-. The smallest absolute Gasteiger partial charge is 0.0542 e. The highest BCUT2D eigenvalue weighted by molar-refractivity contribution is 6.78. The maximum Gasteiger partial charge on any atom is 0.0542 e. The number of hydrogen-bond donors (Lipinski definition) is 1. The summed E-state index contributed by atoms with van der Waals surface area (Å²) in [5, 5.41) is 9.37. The Morgan fingerprint density at radius 3 is 2.00 bits per heavy atom. The molecule has 108 valence electrons. The van der Waals surface area contributed by atoms with Crippen LogP contribution in [0, 0.1) is 0 Å². The van der Waals surface area contributed by atoms with Crippen LogP contribution in [-0.2, 0) is 0 Å². The van der Waals surface area contributed by atoms with E-state index in [-0.39, 0.29) is 0 Å². The molecule has 2 heteroatoms. The third-order valence-corrected chi connectivity index (χ3v) is 6.25. The van der Waals surface area contributed by atoms with Gasteiger partial charge in [0.25, 0.3) is 0 Å². The van der Waals surface area contributed by atoms with Crippen molar-refractivity contribution in [2.75, 3.05) is 6.61 Å². The zero-order valence-corrected chi connectivity index (χ0v) is 14.0. The molecule has 1 nitrogen and oxygen atoms in total. The van der Waals surface area contributed by atoms with Crippen LogP contribution in [0.3, 0.4) is 0 Å². The van der Waals surface area contributed by atoms with Crippen molar-refractivity contribution in [2.45, 2.75) is 83.5 Å². The molecule has 0 bridgehead atoms. The average Bonchev–Trinajstić information content (AvgIpc) is 2.30. The Balaban J connectivity index is 3.53. The van der Waals surface area contributed by atoms with Crippen LogP contribution in [-0.4, -0.2) is 19.8 Å². The molecule has 0 aliphatic heterocycles. The first-order chi connectivity index (χ1) is 8.52. The molecular formula is C16H34OSi. The van der Waals surface area contributed by atoms with Crippen LogP contribution in [0.4, 0.5) is 0 Å². The van der Waals surface area contributed by atoms with Gasteiger partial charge in [-0.15, -0.1) is 0 Å². The fourth-order valence-electron chi connectivity index (χ4n) is 2.10. The fraction of sp³-hybridized carbons (Fsp3) is 0.875. The topological polar surface area (TPSA) is 20.2 Å². The third-order valence-electron chi connectivity index (χ3n) is 3.65. The van der Waals surface area contributed by atoms with E-state index in [2.05, 4.69) is 38.7 Å². The summed E-state index contributed by atoms with van der Waals surface area (Å²) >= 11 is 0. The molecule has 0 aliphatic rings. The number of unbranched alkanes of at least 4 members (excludes halogenated alkanes) is 7. The van der Waals surface area contributed by atoms with Crippen LogP contribution >= 0.6 is 0 Å². The first kappa shape index (κ1) is 17.9. The van der Waals surface area contributed by atoms with Crippen molar-refractivity contribution in [1.82, 2.24) is 0 Å². The molecule has 1 atom stereocenters. The minimum absolute atomic E-state index is 0.323. The maximum atomic E-state index is 9.37. The zero-order chi connectivity index (χ0) is 13.9. The SMILES string of the molecule is CCCCCCCCC/C=C\C(CO)[Si](C)(C)C. The van der Waals surface area contributed by atoms with Crippen molar-refractivity contribution in [3.8, 4) is 0 Å². The molecule has 0 saturated heterocycles. The highest BCUT2D eigenvalue weighted by Crippen LogP contribution is 2.22. The summed E-state index contributed by atoms with van der Waals surface area (Å²) in [6, 6.07) is 0. The van der Waals surface area contributed by atoms with Gasteiger partial charge in [-0.2, -0.15) is 0 Å². The van der Waals surface area contributed by atoms with Gasteiger partial charge in [0.1, 0.15) is 0 Å². The Bertz CT molecular complexity index is 206. The lowest BCUT2D eigenvalue weighted by Crippen LogP contribution is -2.29. The molecule has 18 heavy (non-hydrogen) atoms. The number of aliphatic hydroxyl groups is 1. The molecule has 0 fully saturated rings. The molecule has 0 rings (SSSR count). The van der Waals surface area contributed by atoms with E-state index in [4.69, 9.17) is 0 Å². The van der Waals surface area contributed by atoms with Crippen LogP contribution in [0.25, 0.3) is 0 Å². The molecule has 0 aliphatic carbocycles. The molecule has 0 spiro atoms. The monoisotopic (exact) mass is 270 g/mol.